The Bertz CT molecular complexity index is 329. The molecule has 2 atom stereocenters. The van der Waals surface area contributed by atoms with Gasteiger partial charge in [0, 0.05) is 6.61 Å². The molecule has 2 N–H and O–H groups in total. The van der Waals surface area contributed by atoms with Crippen molar-refractivity contribution < 1.29 is 19.4 Å². The first kappa shape index (κ1) is 17.0. The molecule has 0 aromatic carbocycles. The third-order valence-electron chi connectivity index (χ3n) is 3.50. The van der Waals surface area contributed by atoms with Crippen LogP contribution in [0.15, 0.2) is 0 Å². The van der Waals surface area contributed by atoms with Gasteiger partial charge in [0.1, 0.15) is 6.04 Å². The maximum atomic E-state index is 11.9. The van der Waals surface area contributed by atoms with Gasteiger partial charge in [-0.2, -0.15) is 0 Å². The molecule has 0 spiro atoms. The summed E-state index contributed by atoms with van der Waals surface area (Å²) in [5.74, 6) is -1.19. The number of amides is 1. The van der Waals surface area contributed by atoms with Crippen molar-refractivity contribution in [2.24, 2.45) is 5.41 Å². The number of carbonyl (C=O) groups excluding carboxylic acids is 1. The van der Waals surface area contributed by atoms with Crippen molar-refractivity contribution in [1.82, 2.24) is 5.32 Å². The minimum Gasteiger partial charge on any atom is -0.480 e. The SMILES string of the molecule is CC(C)(C)CCC(NC(=O)CC1CCCCO1)C(=O)O. The summed E-state index contributed by atoms with van der Waals surface area (Å²) in [6, 6.07) is -0.801. The lowest BCUT2D eigenvalue weighted by molar-refractivity contribution is -0.142. The molecule has 0 radical (unpaired) electrons. The highest BCUT2D eigenvalue weighted by molar-refractivity contribution is 5.83. The summed E-state index contributed by atoms with van der Waals surface area (Å²) >= 11 is 0. The standard InChI is InChI=1S/C15H27NO4/c1-15(2,3)8-7-12(14(18)19)16-13(17)10-11-6-4-5-9-20-11/h11-12H,4-10H2,1-3H3,(H,16,17)(H,18,19). The van der Waals surface area contributed by atoms with E-state index in [-0.39, 0.29) is 23.8 Å². The predicted octanol–water partition coefficient (Wildman–Crippen LogP) is 2.34. The first-order chi connectivity index (χ1) is 9.28. The molecule has 0 aromatic rings. The number of ether oxygens (including phenoxy) is 1. The average molecular weight is 285 g/mol. The lowest BCUT2D eigenvalue weighted by Gasteiger charge is -2.24. The number of aliphatic carboxylic acids is 1. The minimum atomic E-state index is -0.966. The molecule has 1 aliphatic heterocycles. The van der Waals surface area contributed by atoms with Gasteiger partial charge in [-0.15, -0.1) is 0 Å². The van der Waals surface area contributed by atoms with Crippen molar-refractivity contribution in [2.75, 3.05) is 6.61 Å². The van der Waals surface area contributed by atoms with Crippen molar-refractivity contribution in [2.45, 2.75) is 71.4 Å². The quantitative estimate of drug-likeness (QED) is 0.785. The fourth-order valence-corrected chi connectivity index (χ4v) is 2.26. The second-order valence-corrected chi connectivity index (χ2v) is 6.75. The van der Waals surface area contributed by atoms with E-state index in [1.807, 2.05) is 0 Å². The molecule has 1 rings (SSSR count). The summed E-state index contributed by atoms with van der Waals surface area (Å²) in [6.45, 7) is 6.88. The van der Waals surface area contributed by atoms with E-state index >= 15 is 0 Å². The van der Waals surface area contributed by atoms with Crippen molar-refractivity contribution in [3.8, 4) is 0 Å². The van der Waals surface area contributed by atoms with E-state index < -0.39 is 12.0 Å². The van der Waals surface area contributed by atoms with Crippen LogP contribution in [0, 0.1) is 5.41 Å². The van der Waals surface area contributed by atoms with Crippen LogP contribution in [-0.2, 0) is 14.3 Å². The van der Waals surface area contributed by atoms with E-state index in [9.17, 15) is 14.7 Å². The van der Waals surface area contributed by atoms with Crippen LogP contribution in [0.25, 0.3) is 0 Å². The highest BCUT2D eigenvalue weighted by Crippen LogP contribution is 2.22. The van der Waals surface area contributed by atoms with Gasteiger partial charge in [-0.05, 0) is 37.5 Å². The molecule has 0 aliphatic carbocycles. The monoisotopic (exact) mass is 285 g/mol. The maximum Gasteiger partial charge on any atom is 0.326 e. The largest absolute Gasteiger partial charge is 0.480 e. The van der Waals surface area contributed by atoms with Crippen LogP contribution >= 0.6 is 0 Å². The third kappa shape index (κ3) is 6.89. The summed E-state index contributed by atoms with van der Waals surface area (Å²) in [4.78, 5) is 23.1. The van der Waals surface area contributed by atoms with Crippen molar-refractivity contribution >= 4 is 11.9 Å². The molecule has 116 valence electrons. The molecule has 0 bridgehead atoms. The number of carboxylic acids is 1. The molecule has 5 heteroatoms. The zero-order valence-corrected chi connectivity index (χ0v) is 12.8. The third-order valence-corrected chi connectivity index (χ3v) is 3.50. The van der Waals surface area contributed by atoms with Gasteiger partial charge in [-0.25, -0.2) is 4.79 Å². The Morgan fingerprint density at radius 2 is 2.05 bits per heavy atom. The zero-order valence-electron chi connectivity index (χ0n) is 12.8. The van der Waals surface area contributed by atoms with E-state index in [1.165, 1.54) is 0 Å². The number of rotatable bonds is 6. The maximum absolute atomic E-state index is 11.9. The van der Waals surface area contributed by atoms with Gasteiger partial charge < -0.3 is 15.2 Å². The summed E-state index contributed by atoms with van der Waals surface area (Å²) < 4.78 is 5.50. The number of nitrogens with one attached hydrogen (secondary N) is 1. The molecule has 1 fully saturated rings. The van der Waals surface area contributed by atoms with Crippen molar-refractivity contribution in [3.05, 3.63) is 0 Å². The first-order valence-electron chi connectivity index (χ1n) is 7.42. The van der Waals surface area contributed by atoms with Gasteiger partial charge >= 0.3 is 5.97 Å². The van der Waals surface area contributed by atoms with E-state index in [0.29, 0.717) is 13.0 Å². The smallest absolute Gasteiger partial charge is 0.326 e. The van der Waals surface area contributed by atoms with Crippen LogP contribution in [0.4, 0.5) is 0 Å². The molecular weight excluding hydrogens is 258 g/mol. The Hall–Kier alpha value is -1.10. The highest BCUT2D eigenvalue weighted by atomic mass is 16.5. The number of carboxylic acid groups (broad SMARTS) is 1. The van der Waals surface area contributed by atoms with Gasteiger partial charge in [0.05, 0.1) is 12.5 Å². The van der Waals surface area contributed by atoms with Gasteiger partial charge in [-0.1, -0.05) is 20.8 Å². The topological polar surface area (TPSA) is 75.6 Å². The molecule has 1 amide bonds. The van der Waals surface area contributed by atoms with Crippen LogP contribution in [0.3, 0.4) is 0 Å². The highest BCUT2D eigenvalue weighted by Gasteiger charge is 2.24. The Morgan fingerprint density at radius 3 is 2.55 bits per heavy atom. The number of hydrogen-bond acceptors (Lipinski definition) is 3. The molecule has 20 heavy (non-hydrogen) atoms. The molecular formula is C15H27NO4. The second kappa shape index (κ2) is 7.62. The normalized spacial score (nSPS) is 21.2. The van der Waals surface area contributed by atoms with E-state index in [2.05, 4.69) is 26.1 Å². The number of hydrogen-bond donors (Lipinski definition) is 2. The molecule has 1 aliphatic rings. The van der Waals surface area contributed by atoms with Gasteiger partial charge in [-0.3, -0.25) is 4.79 Å². The molecule has 5 nitrogen and oxygen atoms in total. The predicted molar refractivity (Wildman–Crippen MR) is 76.5 cm³/mol. The number of carbonyl (C=O) groups is 2. The molecule has 0 aromatic heterocycles. The van der Waals surface area contributed by atoms with Crippen LogP contribution < -0.4 is 5.32 Å². The van der Waals surface area contributed by atoms with E-state index in [4.69, 9.17) is 4.74 Å². The van der Waals surface area contributed by atoms with Crippen LogP contribution in [0.5, 0.6) is 0 Å². The first-order valence-corrected chi connectivity index (χ1v) is 7.42. The van der Waals surface area contributed by atoms with Crippen LogP contribution in [0.1, 0.15) is 59.3 Å². The Labute approximate surface area is 121 Å². The van der Waals surface area contributed by atoms with Crippen LogP contribution in [-0.4, -0.2) is 35.7 Å². The average Bonchev–Trinajstić information content (AvgIpc) is 2.34. The molecule has 1 heterocycles. The Kier molecular flexibility index (Phi) is 6.46. The minimum absolute atomic E-state index is 0.0548. The van der Waals surface area contributed by atoms with E-state index in [0.717, 1.165) is 25.7 Å². The molecule has 0 saturated carbocycles. The summed E-state index contributed by atoms with van der Waals surface area (Å²) in [5, 5.41) is 11.8. The Morgan fingerprint density at radius 1 is 1.35 bits per heavy atom. The fourth-order valence-electron chi connectivity index (χ4n) is 2.26. The molecule has 1 saturated heterocycles. The van der Waals surface area contributed by atoms with Crippen molar-refractivity contribution in [3.63, 3.8) is 0 Å². The Balaban J connectivity index is 2.39. The lowest BCUT2D eigenvalue weighted by Crippen LogP contribution is -2.42. The van der Waals surface area contributed by atoms with Gasteiger partial charge in [0.25, 0.3) is 0 Å². The van der Waals surface area contributed by atoms with Gasteiger partial charge in [0.15, 0.2) is 0 Å². The van der Waals surface area contributed by atoms with Gasteiger partial charge in [0.2, 0.25) is 5.91 Å². The van der Waals surface area contributed by atoms with Crippen molar-refractivity contribution in [1.29, 1.82) is 0 Å². The summed E-state index contributed by atoms with van der Waals surface area (Å²) in [6.07, 6.45) is 4.42. The summed E-state index contributed by atoms with van der Waals surface area (Å²) in [7, 11) is 0. The molecule has 2 unspecified atom stereocenters. The van der Waals surface area contributed by atoms with E-state index in [1.54, 1.807) is 0 Å². The van der Waals surface area contributed by atoms with Crippen LogP contribution in [0.2, 0.25) is 0 Å². The lowest BCUT2D eigenvalue weighted by atomic mass is 9.88. The second-order valence-electron chi connectivity index (χ2n) is 6.75. The zero-order chi connectivity index (χ0) is 15.2. The summed E-state index contributed by atoms with van der Waals surface area (Å²) in [5.41, 5.74) is 0.0604. The fraction of sp³-hybridized carbons (Fsp3) is 0.867.